The first-order valence-corrected chi connectivity index (χ1v) is 9.90. The van der Waals surface area contributed by atoms with Gasteiger partial charge in [0.05, 0.1) is 32.9 Å². The molecule has 2 amide bonds. The molecule has 0 unspecified atom stereocenters. The average Bonchev–Trinajstić information content (AvgIpc) is 3.15. The van der Waals surface area contributed by atoms with Crippen LogP contribution in [-0.2, 0) is 16.0 Å². The Morgan fingerprint density at radius 2 is 1.73 bits per heavy atom. The summed E-state index contributed by atoms with van der Waals surface area (Å²) in [7, 11) is 4.76. The summed E-state index contributed by atoms with van der Waals surface area (Å²) in [5.41, 5.74) is 2.77. The Hall–Kier alpha value is -3.22. The Morgan fingerprint density at radius 3 is 2.43 bits per heavy atom. The number of hydrogen-bond acceptors (Lipinski definition) is 5. The second kappa shape index (κ2) is 9.52. The molecule has 1 aliphatic rings. The van der Waals surface area contributed by atoms with Crippen molar-refractivity contribution in [2.24, 2.45) is 5.92 Å². The van der Waals surface area contributed by atoms with E-state index in [1.807, 2.05) is 43.3 Å². The number of carbonyl (C=O) groups excluding carboxylic acids is 2. The maximum atomic E-state index is 12.6. The number of carbonyl (C=O) groups is 2. The summed E-state index contributed by atoms with van der Waals surface area (Å²) in [6, 6.07) is 11.4. The van der Waals surface area contributed by atoms with Gasteiger partial charge in [0.1, 0.15) is 5.75 Å². The molecule has 0 saturated carbocycles. The molecule has 1 atom stereocenters. The molecule has 1 saturated heterocycles. The molecule has 0 aromatic heterocycles. The Bertz CT molecular complexity index is 928. The number of rotatable bonds is 8. The van der Waals surface area contributed by atoms with Crippen molar-refractivity contribution < 1.29 is 23.8 Å². The van der Waals surface area contributed by atoms with Crippen molar-refractivity contribution >= 4 is 17.5 Å². The zero-order chi connectivity index (χ0) is 21.7. The fraction of sp³-hybridized carbons (Fsp3) is 0.391. The van der Waals surface area contributed by atoms with Gasteiger partial charge in [0.15, 0.2) is 11.5 Å². The highest BCUT2D eigenvalue weighted by molar-refractivity contribution is 6.01. The molecule has 1 heterocycles. The van der Waals surface area contributed by atoms with E-state index in [4.69, 9.17) is 14.2 Å². The fourth-order valence-electron chi connectivity index (χ4n) is 3.64. The molecular formula is C23H28N2O5. The second-order valence-corrected chi connectivity index (χ2v) is 7.31. The number of methoxy groups -OCH3 is 3. The van der Waals surface area contributed by atoms with Crippen LogP contribution < -0.4 is 24.4 Å². The molecule has 7 nitrogen and oxygen atoms in total. The highest BCUT2D eigenvalue weighted by atomic mass is 16.5. The highest BCUT2D eigenvalue weighted by Crippen LogP contribution is 2.34. The van der Waals surface area contributed by atoms with Gasteiger partial charge in [0, 0.05) is 19.5 Å². The molecule has 3 rings (SSSR count). The van der Waals surface area contributed by atoms with Crippen LogP contribution in [0.25, 0.3) is 0 Å². The number of hydrogen-bond donors (Lipinski definition) is 1. The van der Waals surface area contributed by atoms with Gasteiger partial charge in [-0.05, 0) is 48.7 Å². The van der Waals surface area contributed by atoms with Crippen LogP contribution in [-0.4, -0.2) is 46.2 Å². The fourth-order valence-corrected chi connectivity index (χ4v) is 3.64. The summed E-state index contributed by atoms with van der Waals surface area (Å²) in [5, 5.41) is 2.95. The highest BCUT2D eigenvalue weighted by Gasteiger charge is 2.36. The third-order valence-electron chi connectivity index (χ3n) is 5.28. The monoisotopic (exact) mass is 412 g/mol. The van der Waals surface area contributed by atoms with Gasteiger partial charge in [0.25, 0.3) is 0 Å². The lowest BCUT2D eigenvalue weighted by atomic mass is 10.1. The molecule has 2 aromatic rings. The Kier molecular flexibility index (Phi) is 6.82. The quantitative estimate of drug-likeness (QED) is 0.722. The molecule has 2 aromatic carbocycles. The van der Waals surface area contributed by atoms with Crippen molar-refractivity contribution in [2.45, 2.75) is 19.8 Å². The molecule has 0 radical (unpaired) electrons. The lowest BCUT2D eigenvalue weighted by Gasteiger charge is -2.20. The van der Waals surface area contributed by atoms with E-state index in [0.717, 1.165) is 11.1 Å². The van der Waals surface area contributed by atoms with Crippen molar-refractivity contribution in [3.05, 3.63) is 47.5 Å². The van der Waals surface area contributed by atoms with Crippen LogP contribution in [0.4, 0.5) is 5.69 Å². The van der Waals surface area contributed by atoms with Crippen molar-refractivity contribution in [1.82, 2.24) is 5.32 Å². The maximum absolute atomic E-state index is 12.6. The SMILES string of the molecule is COc1ccc(CCNC(=O)[C@H]2CC(=O)N(c3cc(C)ccc3OC)C2)cc1OC. The Balaban J connectivity index is 1.58. The molecule has 30 heavy (non-hydrogen) atoms. The first-order chi connectivity index (χ1) is 14.5. The normalized spacial score (nSPS) is 15.8. The number of nitrogens with one attached hydrogen (secondary N) is 1. The topological polar surface area (TPSA) is 77.1 Å². The molecule has 1 aliphatic heterocycles. The minimum atomic E-state index is -0.381. The van der Waals surface area contributed by atoms with E-state index in [1.54, 1.807) is 26.2 Å². The lowest BCUT2D eigenvalue weighted by molar-refractivity contribution is -0.126. The number of nitrogens with zero attached hydrogens (tertiary/aromatic N) is 1. The summed E-state index contributed by atoms with van der Waals surface area (Å²) in [5.74, 6) is 1.39. The average molecular weight is 412 g/mol. The van der Waals surface area contributed by atoms with E-state index in [2.05, 4.69) is 5.32 Å². The minimum Gasteiger partial charge on any atom is -0.495 e. The number of ether oxygens (including phenoxy) is 3. The third kappa shape index (κ3) is 4.67. The van der Waals surface area contributed by atoms with Crippen LogP contribution in [0.1, 0.15) is 17.5 Å². The minimum absolute atomic E-state index is 0.0704. The van der Waals surface area contributed by atoms with Gasteiger partial charge in [-0.15, -0.1) is 0 Å². The Morgan fingerprint density at radius 1 is 1.03 bits per heavy atom. The summed E-state index contributed by atoms with van der Waals surface area (Å²) in [6.45, 7) is 2.79. The van der Waals surface area contributed by atoms with Crippen molar-refractivity contribution in [3.63, 3.8) is 0 Å². The standard InChI is InChI=1S/C23H28N2O5/c1-15-5-7-19(28-2)18(11-15)25-14-17(13-22(25)26)23(27)24-10-9-16-6-8-20(29-3)21(12-16)30-4/h5-8,11-12,17H,9-10,13-14H2,1-4H3,(H,24,27)/t17-/m0/s1. The van der Waals surface area contributed by atoms with E-state index in [1.165, 1.54) is 0 Å². The van der Waals surface area contributed by atoms with Gasteiger partial charge in [-0.25, -0.2) is 0 Å². The third-order valence-corrected chi connectivity index (χ3v) is 5.28. The van der Waals surface area contributed by atoms with Crippen LogP contribution in [0.2, 0.25) is 0 Å². The van der Waals surface area contributed by atoms with Gasteiger partial charge in [-0.1, -0.05) is 12.1 Å². The zero-order valence-corrected chi connectivity index (χ0v) is 17.9. The molecular weight excluding hydrogens is 384 g/mol. The summed E-state index contributed by atoms with van der Waals surface area (Å²) in [6.07, 6.45) is 0.849. The number of amides is 2. The molecule has 7 heteroatoms. The van der Waals surface area contributed by atoms with E-state index >= 15 is 0 Å². The van der Waals surface area contributed by atoms with Crippen molar-refractivity contribution in [3.8, 4) is 17.2 Å². The summed E-state index contributed by atoms with van der Waals surface area (Å²) >= 11 is 0. The van der Waals surface area contributed by atoms with Crippen molar-refractivity contribution in [2.75, 3.05) is 39.3 Å². The molecule has 0 aliphatic carbocycles. The van der Waals surface area contributed by atoms with Gasteiger partial charge in [-0.2, -0.15) is 0 Å². The van der Waals surface area contributed by atoms with E-state index < -0.39 is 0 Å². The Labute approximate surface area is 176 Å². The van der Waals surface area contributed by atoms with Crippen molar-refractivity contribution in [1.29, 1.82) is 0 Å². The number of anilines is 1. The largest absolute Gasteiger partial charge is 0.495 e. The van der Waals surface area contributed by atoms with Crippen LogP contribution >= 0.6 is 0 Å². The molecule has 0 spiro atoms. The van der Waals surface area contributed by atoms with E-state index in [0.29, 0.717) is 42.4 Å². The van der Waals surface area contributed by atoms with E-state index in [-0.39, 0.29) is 24.2 Å². The summed E-state index contributed by atoms with van der Waals surface area (Å²) in [4.78, 5) is 26.8. The second-order valence-electron chi connectivity index (χ2n) is 7.31. The first kappa shape index (κ1) is 21.5. The van der Waals surface area contributed by atoms with Gasteiger partial charge >= 0.3 is 0 Å². The smallest absolute Gasteiger partial charge is 0.227 e. The van der Waals surface area contributed by atoms with Crippen LogP contribution in [0.3, 0.4) is 0 Å². The molecule has 1 fully saturated rings. The maximum Gasteiger partial charge on any atom is 0.227 e. The molecule has 1 N–H and O–H groups in total. The predicted molar refractivity (Wildman–Crippen MR) is 114 cm³/mol. The summed E-state index contributed by atoms with van der Waals surface area (Å²) < 4.78 is 15.9. The van der Waals surface area contributed by atoms with Crippen LogP contribution in [0.15, 0.2) is 36.4 Å². The van der Waals surface area contributed by atoms with Gasteiger partial charge in [0.2, 0.25) is 11.8 Å². The van der Waals surface area contributed by atoms with E-state index in [9.17, 15) is 9.59 Å². The molecule has 0 bridgehead atoms. The van der Waals surface area contributed by atoms with Crippen LogP contribution in [0.5, 0.6) is 17.2 Å². The number of benzene rings is 2. The first-order valence-electron chi connectivity index (χ1n) is 9.90. The molecule has 160 valence electrons. The predicted octanol–water partition coefficient (Wildman–Crippen LogP) is 2.73. The number of aryl methyl sites for hydroxylation is 1. The lowest BCUT2D eigenvalue weighted by Crippen LogP contribution is -2.34. The van der Waals surface area contributed by atoms with Crippen LogP contribution in [0, 0.1) is 12.8 Å². The zero-order valence-electron chi connectivity index (χ0n) is 17.9. The van der Waals surface area contributed by atoms with Gasteiger partial charge in [-0.3, -0.25) is 9.59 Å². The van der Waals surface area contributed by atoms with Gasteiger partial charge < -0.3 is 24.4 Å².